The van der Waals surface area contributed by atoms with Crippen molar-refractivity contribution < 1.29 is 4.79 Å². The number of anilines is 2. The number of halogens is 1. The van der Waals surface area contributed by atoms with Gasteiger partial charge in [0.15, 0.2) is 0 Å². The third-order valence-corrected chi connectivity index (χ3v) is 4.46. The van der Waals surface area contributed by atoms with E-state index in [0.717, 1.165) is 12.8 Å². The normalized spacial score (nSPS) is 21.7. The SMILES string of the molecule is CC1CCCC(C)N1/C=C(/C#N)C(=O)Nc1ccc(N)cc1Cl. The van der Waals surface area contributed by atoms with Crippen molar-refractivity contribution in [1.29, 1.82) is 5.26 Å². The molecule has 1 aliphatic rings. The third-order valence-electron chi connectivity index (χ3n) is 4.15. The molecule has 0 radical (unpaired) electrons. The Morgan fingerprint density at radius 3 is 2.65 bits per heavy atom. The topological polar surface area (TPSA) is 82.2 Å². The Labute approximate surface area is 141 Å². The summed E-state index contributed by atoms with van der Waals surface area (Å²) in [6, 6.07) is 7.43. The zero-order valence-corrected chi connectivity index (χ0v) is 14.1. The number of nitrogens with one attached hydrogen (secondary N) is 1. The van der Waals surface area contributed by atoms with Gasteiger partial charge in [-0.15, -0.1) is 0 Å². The number of nitrogen functional groups attached to an aromatic ring is 1. The minimum Gasteiger partial charge on any atom is -0.399 e. The summed E-state index contributed by atoms with van der Waals surface area (Å²) in [5.41, 5.74) is 6.65. The smallest absolute Gasteiger partial charge is 0.267 e. The fraction of sp³-hybridized carbons (Fsp3) is 0.412. The zero-order valence-electron chi connectivity index (χ0n) is 13.3. The largest absolute Gasteiger partial charge is 0.399 e. The minimum absolute atomic E-state index is 0.0680. The molecule has 1 saturated heterocycles. The molecule has 1 aromatic rings. The molecular weight excluding hydrogens is 312 g/mol. The van der Waals surface area contributed by atoms with Crippen LogP contribution < -0.4 is 11.1 Å². The van der Waals surface area contributed by atoms with Gasteiger partial charge in [-0.2, -0.15) is 5.26 Å². The molecule has 0 bridgehead atoms. The molecule has 6 heteroatoms. The molecule has 3 N–H and O–H groups in total. The first-order chi connectivity index (χ1) is 10.9. The Bertz CT molecular complexity index is 655. The maximum absolute atomic E-state index is 12.3. The summed E-state index contributed by atoms with van der Waals surface area (Å²) in [4.78, 5) is 14.4. The van der Waals surface area contributed by atoms with Gasteiger partial charge in [0.25, 0.3) is 5.91 Å². The van der Waals surface area contributed by atoms with Crippen LogP contribution in [0.4, 0.5) is 11.4 Å². The van der Waals surface area contributed by atoms with E-state index >= 15 is 0 Å². The van der Waals surface area contributed by atoms with Gasteiger partial charge in [-0.1, -0.05) is 11.6 Å². The molecular formula is C17H21ClN4O. The molecule has 5 nitrogen and oxygen atoms in total. The van der Waals surface area contributed by atoms with Crippen molar-refractivity contribution >= 4 is 28.9 Å². The maximum atomic E-state index is 12.3. The minimum atomic E-state index is -0.468. The molecule has 23 heavy (non-hydrogen) atoms. The van der Waals surface area contributed by atoms with Crippen molar-refractivity contribution in [2.24, 2.45) is 0 Å². The summed E-state index contributed by atoms with van der Waals surface area (Å²) >= 11 is 6.05. The highest BCUT2D eigenvalue weighted by Crippen LogP contribution is 2.26. The van der Waals surface area contributed by atoms with Crippen LogP contribution in [-0.4, -0.2) is 22.9 Å². The predicted octanol–water partition coefficient (Wildman–Crippen LogP) is 3.53. The summed E-state index contributed by atoms with van der Waals surface area (Å²) in [5, 5.41) is 12.3. The molecule has 1 aliphatic heterocycles. The van der Waals surface area contributed by atoms with Crippen molar-refractivity contribution in [3.05, 3.63) is 35.0 Å². The molecule has 1 fully saturated rings. The number of nitrogens with two attached hydrogens (primary N) is 1. The van der Waals surface area contributed by atoms with Crippen LogP contribution in [0.3, 0.4) is 0 Å². The van der Waals surface area contributed by atoms with Crippen LogP contribution in [0, 0.1) is 11.3 Å². The Morgan fingerprint density at radius 2 is 2.09 bits per heavy atom. The lowest BCUT2D eigenvalue weighted by Gasteiger charge is -2.38. The van der Waals surface area contributed by atoms with Crippen LogP contribution in [0.15, 0.2) is 30.0 Å². The van der Waals surface area contributed by atoms with E-state index in [1.807, 2.05) is 6.07 Å². The molecule has 1 aromatic carbocycles. The molecule has 0 spiro atoms. The van der Waals surface area contributed by atoms with Gasteiger partial charge in [0, 0.05) is 24.0 Å². The summed E-state index contributed by atoms with van der Waals surface area (Å²) in [5.74, 6) is -0.468. The van der Waals surface area contributed by atoms with Gasteiger partial charge in [-0.05, 0) is 51.3 Å². The number of nitrogens with zero attached hydrogens (tertiary/aromatic N) is 2. The average Bonchev–Trinajstić information content (AvgIpc) is 2.50. The van der Waals surface area contributed by atoms with Crippen molar-refractivity contribution in [3.63, 3.8) is 0 Å². The number of carbonyl (C=O) groups is 1. The molecule has 2 rings (SSSR count). The molecule has 0 saturated carbocycles. The maximum Gasteiger partial charge on any atom is 0.267 e. The number of amides is 1. The van der Waals surface area contributed by atoms with Crippen LogP contribution in [0.25, 0.3) is 0 Å². The first kappa shape index (κ1) is 17.2. The number of nitriles is 1. The Hall–Kier alpha value is -2.19. The monoisotopic (exact) mass is 332 g/mol. The van der Waals surface area contributed by atoms with Crippen molar-refractivity contribution in [2.45, 2.75) is 45.2 Å². The van der Waals surface area contributed by atoms with E-state index in [-0.39, 0.29) is 5.57 Å². The fourth-order valence-electron chi connectivity index (χ4n) is 2.81. The lowest BCUT2D eigenvalue weighted by Crippen LogP contribution is -2.40. The van der Waals surface area contributed by atoms with E-state index in [4.69, 9.17) is 17.3 Å². The average molecular weight is 333 g/mol. The quantitative estimate of drug-likeness (QED) is 0.504. The van der Waals surface area contributed by atoms with Crippen LogP contribution in [0.5, 0.6) is 0 Å². The highest BCUT2D eigenvalue weighted by Gasteiger charge is 2.23. The summed E-state index contributed by atoms with van der Waals surface area (Å²) in [6.07, 6.45) is 4.95. The van der Waals surface area contributed by atoms with Gasteiger partial charge >= 0.3 is 0 Å². The molecule has 1 amide bonds. The molecule has 2 atom stereocenters. The van der Waals surface area contributed by atoms with Gasteiger partial charge < -0.3 is 16.0 Å². The van der Waals surface area contributed by atoms with E-state index in [0.29, 0.717) is 28.5 Å². The van der Waals surface area contributed by atoms with Gasteiger partial charge in [-0.25, -0.2) is 0 Å². The summed E-state index contributed by atoms with van der Waals surface area (Å²) in [6.45, 7) is 4.21. The molecule has 2 unspecified atom stereocenters. The lowest BCUT2D eigenvalue weighted by molar-refractivity contribution is -0.112. The highest BCUT2D eigenvalue weighted by atomic mass is 35.5. The van der Waals surface area contributed by atoms with Crippen LogP contribution in [0.1, 0.15) is 33.1 Å². The number of carbonyl (C=O) groups excluding carboxylic acids is 1. The number of likely N-dealkylation sites (tertiary alicyclic amines) is 1. The molecule has 122 valence electrons. The predicted molar refractivity (Wildman–Crippen MR) is 92.8 cm³/mol. The molecule has 0 aliphatic carbocycles. The van der Waals surface area contributed by atoms with Gasteiger partial charge in [-0.3, -0.25) is 4.79 Å². The second-order valence-electron chi connectivity index (χ2n) is 5.92. The molecule has 1 heterocycles. The number of piperidine rings is 1. The lowest BCUT2D eigenvalue weighted by atomic mass is 9.98. The van der Waals surface area contributed by atoms with E-state index in [1.54, 1.807) is 24.4 Å². The van der Waals surface area contributed by atoms with Gasteiger partial charge in [0.05, 0.1) is 10.7 Å². The van der Waals surface area contributed by atoms with E-state index in [2.05, 4.69) is 24.1 Å². The Morgan fingerprint density at radius 1 is 1.43 bits per heavy atom. The van der Waals surface area contributed by atoms with Crippen LogP contribution >= 0.6 is 11.6 Å². The number of benzene rings is 1. The Balaban J connectivity index is 2.18. The van der Waals surface area contributed by atoms with E-state index in [1.165, 1.54) is 6.42 Å². The van der Waals surface area contributed by atoms with Crippen molar-refractivity contribution in [2.75, 3.05) is 11.1 Å². The first-order valence-electron chi connectivity index (χ1n) is 7.68. The summed E-state index contributed by atoms with van der Waals surface area (Å²) < 4.78 is 0. The third kappa shape index (κ3) is 4.17. The number of rotatable bonds is 3. The number of hydrogen-bond donors (Lipinski definition) is 2. The first-order valence-corrected chi connectivity index (χ1v) is 8.06. The van der Waals surface area contributed by atoms with E-state index < -0.39 is 5.91 Å². The molecule has 0 aromatic heterocycles. The van der Waals surface area contributed by atoms with Gasteiger partial charge in [0.2, 0.25) is 0 Å². The standard InChI is InChI=1S/C17H21ClN4O/c1-11-4-3-5-12(2)22(11)10-13(9-19)17(23)21-16-7-6-14(20)8-15(16)18/h6-8,10-12H,3-5,20H2,1-2H3,(H,21,23)/b13-10-. The van der Waals surface area contributed by atoms with Crippen molar-refractivity contribution in [3.8, 4) is 6.07 Å². The second kappa shape index (κ2) is 7.38. The van der Waals surface area contributed by atoms with Crippen molar-refractivity contribution in [1.82, 2.24) is 4.90 Å². The number of hydrogen-bond acceptors (Lipinski definition) is 4. The van der Waals surface area contributed by atoms with E-state index in [9.17, 15) is 10.1 Å². The highest BCUT2D eigenvalue weighted by molar-refractivity contribution is 6.34. The second-order valence-corrected chi connectivity index (χ2v) is 6.33. The van der Waals surface area contributed by atoms with Crippen LogP contribution in [0.2, 0.25) is 5.02 Å². The van der Waals surface area contributed by atoms with Crippen LogP contribution in [-0.2, 0) is 4.79 Å². The fourth-order valence-corrected chi connectivity index (χ4v) is 3.04. The summed E-state index contributed by atoms with van der Waals surface area (Å²) in [7, 11) is 0. The van der Waals surface area contributed by atoms with Gasteiger partial charge in [0.1, 0.15) is 11.6 Å². The Kier molecular flexibility index (Phi) is 5.51. The zero-order chi connectivity index (χ0) is 17.0.